The molecule has 2 aromatic carbocycles. The van der Waals surface area contributed by atoms with Gasteiger partial charge in [0.05, 0.1) is 34.0 Å². The van der Waals surface area contributed by atoms with E-state index in [9.17, 15) is 19.2 Å². The fourth-order valence-electron chi connectivity index (χ4n) is 6.78. The van der Waals surface area contributed by atoms with Gasteiger partial charge < -0.3 is 15.7 Å². The van der Waals surface area contributed by atoms with Crippen LogP contribution in [-0.2, 0) is 27.5 Å². The highest BCUT2D eigenvalue weighted by molar-refractivity contribution is 8.27. The summed E-state index contributed by atoms with van der Waals surface area (Å²) >= 11 is 13.3. The molecule has 348 valence electrons. The van der Waals surface area contributed by atoms with Gasteiger partial charge in [-0.1, -0.05) is 132 Å². The summed E-state index contributed by atoms with van der Waals surface area (Å²) in [6.07, 6.45) is 9.90. The van der Waals surface area contributed by atoms with Crippen LogP contribution in [0.4, 0.5) is 11.6 Å². The van der Waals surface area contributed by atoms with Crippen LogP contribution in [0.1, 0.15) is 51.4 Å². The van der Waals surface area contributed by atoms with Crippen LogP contribution < -0.4 is 21.8 Å². The third-order valence-electron chi connectivity index (χ3n) is 10.2. The number of aromatic nitrogens is 4. The predicted molar refractivity (Wildman–Crippen MR) is 283 cm³/mol. The number of thioether (sulfide) groups is 2. The zero-order valence-corrected chi connectivity index (χ0v) is 41.2. The van der Waals surface area contributed by atoms with Crippen molar-refractivity contribution in [1.29, 1.82) is 0 Å². The van der Waals surface area contributed by atoms with Crippen LogP contribution >= 0.6 is 48.0 Å². The molecule has 8 rings (SSSR count). The summed E-state index contributed by atoms with van der Waals surface area (Å²) in [5, 5.41) is 13.7. The molecule has 3 N–H and O–H groups in total. The average molecular weight is 985 g/mol. The lowest BCUT2D eigenvalue weighted by molar-refractivity contribution is -0.134. The molecule has 2 amide bonds. The van der Waals surface area contributed by atoms with E-state index in [2.05, 4.69) is 33.8 Å². The smallest absolute Gasteiger partial charge is 0.300 e. The lowest BCUT2D eigenvalue weighted by Gasteiger charge is -2.14. The Balaban J connectivity index is 0.000000208. The lowest BCUT2D eigenvalue weighted by Crippen LogP contribution is -2.27. The van der Waals surface area contributed by atoms with Gasteiger partial charge in [0.2, 0.25) is 0 Å². The number of pyridine rings is 2. The Morgan fingerprint density at radius 3 is 1.34 bits per heavy atom. The Labute approximate surface area is 412 Å². The Kier molecular flexibility index (Phi) is 16.8. The van der Waals surface area contributed by atoms with E-state index in [1.54, 1.807) is 58.6 Å². The quantitative estimate of drug-likeness (QED) is 0.0604. The van der Waals surface area contributed by atoms with Gasteiger partial charge in [0, 0.05) is 32.4 Å². The lowest BCUT2D eigenvalue weighted by atomic mass is 10.1. The molecule has 6 heterocycles. The number of nitrogens with zero attached hydrogens (tertiary/aromatic N) is 6. The minimum Gasteiger partial charge on any atom is -0.481 e. The number of carbonyl (C=O) groups excluding carboxylic acids is 2. The summed E-state index contributed by atoms with van der Waals surface area (Å²) in [6, 6.07) is 23.3. The van der Waals surface area contributed by atoms with E-state index in [1.165, 1.54) is 32.3 Å². The monoisotopic (exact) mass is 984 g/mol. The number of carboxylic acid groups (broad SMARTS) is 1. The van der Waals surface area contributed by atoms with Crippen molar-refractivity contribution < 1.29 is 19.5 Å². The SMILES string of the molecule is C=CCNc1nc2c(C)cccn2c(=O)c1/C=C1\SC(=S)N(Cc2ccc(C)cc2)C1=O.C=CCNc1nc2c(C)cccn2c(=O)c1/C=C1\SC(=S)N(Cc2ccc(C)cc2)C1=O.CC(=O)O. The molecule has 2 fully saturated rings. The van der Waals surface area contributed by atoms with Crippen LogP contribution in [0.3, 0.4) is 0 Å². The number of aryl methyl sites for hydroxylation is 4. The zero-order valence-electron chi connectivity index (χ0n) is 37.9. The minimum absolute atomic E-state index is 0.219. The summed E-state index contributed by atoms with van der Waals surface area (Å²) in [7, 11) is 0. The fourth-order valence-corrected chi connectivity index (χ4v) is 9.25. The molecule has 0 spiro atoms. The molecular weight excluding hydrogens is 937 g/mol. The zero-order chi connectivity index (χ0) is 49.2. The van der Waals surface area contributed by atoms with Crippen LogP contribution in [0.25, 0.3) is 23.4 Å². The van der Waals surface area contributed by atoms with Crippen LogP contribution in [0, 0.1) is 27.7 Å². The fraction of sp³-hybridized carbons (Fsp3) is 0.180. The normalized spacial score (nSPS) is 14.5. The van der Waals surface area contributed by atoms with Crippen LogP contribution in [-0.4, -0.2) is 73.2 Å². The first-order chi connectivity index (χ1) is 32.5. The molecule has 0 radical (unpaired) electrons. The van der Waals surface area contributed by atoms with Crippen molar-refractivity contribution in [2.24, 2.45) is 0 Å². The van der Waals surface area contributed by atoms with E-state index in [1.807, 2.05) is 88.4 Å². The van der Waals surface area contributed by atoms with Gasteiger partial charge in [-0.2, -0.15) is 0 Å². The first-order valence-corrected chi connectivity index (χ1v) is 23.5. The number of benzene rings is 2. The number of anilines is 2. The number of hydrogen-bond donors (Lipinski definition) is 3. The first kappa shape index (κ1) is 50.4. The first-order valence-electron chi connectivity index (χ1n) is 21.1. The maximum atomic E-state index is 13.3. The number of thiocarbonyl (C=S) groups is 2. The maximum absolute atomic E-state index is 13.3. The third-order valence-corrected chi connectivity index (χ3v) is 13.0. The van der Waals surface area contributed by atoms with Crippen molar-refractivity contribution in [3.05, 3.63) is 186 Å². The van der Waals surface area contributed by atoms with Gasteiger partial charge in [0.25, 0.3) is 28.9 Å². The molecule has 18 heteroatoms. The van der Waals surface area contributed by atoms with Gasteiger partial charge in [0.1, 0.15) is 31.6 Å². The number of nitrogens with one attached hydrogen (secondary N) is 2. The topological polar surface area (TPSA) is 171 Å². The molecule has 0 aliphatic carbocycles. The number of rotatable bonds is 12. The van der Waals surface area contributed by atoms with Crippen molar-refractivity contribution in [2.75, 3.05) is 23.7 Å². The molecule has 0 saturated carbocycles. The van der Waals surface area contributed by atoms with Crippen LogP contribution in [0.5, 0.6) is 0 Å². The number of carboxylic acids is 1. The van der Waals surface area contributed by atoms with E-state index in [-0.39, 0.29) is 22.9 Å². The van der Waals surface area contributed by atoms with Crippen LogP contribution in [0.15, 0.2) is 130 Å². The van der Waals surface area contributed by atoms with Gasteiger partial charge in [0.15, 0.2) is 0 Å². The van der Waals surface area contributed by atoms with E-state index in [0.29, 0.717) is 78.7 Å². The second-order valence-corrected chi connectivity index (χ2v) is 18.8. The molecule has 0 bridgehead atoms. The Hall–Kier alpha value is -6.99. The van der Waals surface area contributed by atoms with Crippen molar-refractivity contribution in [3.63, 3.8) is 0 Å². The summed E-state index contributed by atoms with van der Waals surface area (Å²) in [4.78, 5) is 75.0. The summed E-state index contributed by atoms with van der Waals surface area (Å²) in [5.41, 5.74) is 7.27. The molecule has 2 aliphatic rings. The molecule has 68 heavy (non-hydrogen) atoms. The Morgan fingerprint density at radius 1 is 0.647 bits per heavy atom. The number of amides is 2. The minimum atomic E-state index is -0.833. The largest absolute Gasteiger partial charge is 0.481 e. The molecule has 14 nitrogen and oxygen atoms in total. The molecule has 2 saturated heterocycles. The molecule has 4 aromatic heterocycles. The van der Waals surface area contributed by atoms with Crippen LogP contribution in [0.2, 0.25) is 0 Å². The van der Waals surface area contributed by atoms with E-state index in [0.717, 1.165) is 40.3 Å². The second-order valence-electron chi connectivity index (χ2n) is 15.5. The van der Waals surface area contributed by atoms with Crippen molar-refractivity contribution in [2.45, 2.75) is 47.7 Å². The van der Waals surface area contributed by atoms with Gasteiger partial charge in [-0.25, -0.2) is 9.97 Å². The van der Waals surface area contributed by atoms with Crippen molar-refractivity contribution >= 4 is 109 Å². The highest BCUT2D eigenvalue weighted by Crippen LogP contribution is 2.35. The molecule has 0 unspecified atom stereocenters. The van der Waals surface area contributed by atoms with Gasteiger partial charge in [-0.15, -0.1) is 13.2 Å². The highest BCUT2D eigenvalue weighted by atomic mass is 32.2. The highest BCUT2D eigenvalue weighted by Gasteiger charge is 2.34. The summed E-state index contributed by atoms with van der Waals surface area (Å²) in [6.45, 7) is 18.0. The molecule has 2 aliphatic heterocycles. The van der Waals surface area contributed by atoms with E-state index >= 15 is 0 Å². The predicted octanol–water partition coefficient (Wildman–Crippen LogP) is 8.71. The third kappa shape index (κ3) is 11.9. The average Bonchev–Trinajstić information content (AvgIpc) is 3.72. The van der Waals surface area contributed by atoms with Gasteiger partial charge >= 0.3 is 0 Å². The molecule has 0 atom stereocenters. The number of hydrogen-bond acceptors (Lipinski definition) is 13. The number of fused-ring (bicyclic) bond motifs is 2. The number of carbonyl (C=O) groups is 3. The maximum Gasteiger partial charge on any atom is 0.300 e. The second kappa shape index (κ2) is 22.7. The standard InChI is InChI=1S/2C24H22N4O2S2.C2H4O2/c2*1-4-11-25-20-18(22(29)27-12-5-6-16(3)21(27)26-20)13-19-23(30)28(24(31)32-19)14-17-9-7-15(2)8-10-17;1-2(3)4/h2*4-10,12-13,25H,1,11,14H2,2-3H3;1H3,(H,3,4)/b2*19-13-;. The number of aliphatic carboxylic acids is 1. The van der Waals surface area contributed by atoms with Gasteiger partial charge in [-0.05, 0) is 74.2 Å². The molecular formula is C50H48N8O6S4. The Bertz CT molecular complexity index is 2970. The van der Waals surface area contributed by atoms with Crippen molar-refractivity contribution in [3.8, 4) is 0 Å². The summed E-state index contributed by atoms with van der Waals surface area (Å²) in [5.74, 6) is -0.450. The Morgan fingerprint density at radius 2 is 1.00 bits per heavy atom. The summed E-state index contributed by atoms with van der Waals surface area (Å²) < 4.78 is 3.92. The van der Waals surface area contributed by atoms with Crippen molar-refractivity contribution in [1.82, 2.24) is 28.6 Å². The van der Waals surface area contributed by atoms with E-state index in [4.69, 9.17) is 34.3 Å². The molecule has 6 aromatic rings. The van der Waals surface area contributed by atoms with Gasteiger partial charge in [-0.3, -0.25) is 42.6 Å². The van der Waals surface area contributed by atoms with E-state index < -0.39 is 5.97 Å².